The summed E-state index contributed by atoms with van der Waals surface area (Å²) < 4.78 is 5.63. The van der Waals surface area contributed by atoms with E-state index in [-0.39, 0.29) is 11.3 Å². The van der Waals surface area contributed by atoms with Gasteiger partial charge in [-0.25, -0.2) is 14.8 Å². The van der Waals surface area contributed by atoms with Crippen LogP contribution in [0.3, 0.4) is 0 Å². The highest BCUT2D eigenvalue weighted by Gasteiger charge is 2.14. The Hall–Kier alpha value is -2.95. The molecule has 3 rings (SSSR count). The van der Waals surface area contributed by atoms with Crippen molar-refractivity contribution in [1.82, 2.24) is 9.97 Å². The standard InChI is InChI=1S/C16H12N2O3/c1-10-6-15(18-9-17-10)21-14-8-12-5-3-2-4-11(12)7-13(14)16(19)20/h2-9H,1H3,(H,19,20). The summed E-state index contributed by atoms with van der Waals surface area (Å²) in [6.45, 7) is 1.81. The van der Waals surface area contributed by atoms with Crippen molar-refractivity contribution < 1.29 is 14.6 Å². The fraction of sp³-hybridized carbons (Fsp3) is 0.0625. The lowest BCUT2D eigenvalue weighted by Crippen LogP contribution is -2.01. The summed E-state index contributed by atoms with van der Waals surface area (Å²) >= 11 is 0. The van der Waals surface area contributed by atoms with E-state index in [0.29, 0.717) is 5.88 Å². The van der Waals surface area contributed by atoms with Gasteiger partial charge in [-0.3, -0.25) is 0 Å². The third-order valence-corrected chi connectivity index (χ3v) is 3.07. The average molecular weight is 280 g/mol. The molecule has 104 valence electrons. The van der Waals surface area contributed by atoms with E-state index in [4.69, 9.17) is 4.74 Å². The molecule has 1 N–H and O–H groups in total. The summed E-state index contributed by atoms with van der Waals surface area (Å²) in [5.41, 5.74) is 0.850. The molecule has 0 atom stereocenters. The average Bonchev–Trinajstić information content (AvgIpc) is 2.46. The highest BCUT2D eigenvalue weighted by atomic mass is 16.5. The molecule has 5 heteroatoms. The highest BCUT2D eigenvalue weighted by molar-refractivity contribution is 5.97. The number of hydrogen-bond donors (Lipinski definition) is 1. The van der Waals surface area contributed by atoms with E-state index in [9.17, 15) is 9.90 Å². The SMILES string of the molecule is Cc1cc(Oc2cc3ccccc3cc2C(=O)O)ncn1. The molecule has 0 aliphatic carbocycles. The lowest BCUT2D eigenvalue weighted by atomic mass is 10.1. The first kappa shape index (κ1) is 13.1. The Morgan fingerprint density at radius 3 is 2.48 bits per heavy atom. The number of benzene rings is 2. The van der Waals surface area contributed by atoms with E-state index in [1.165, 1.54) is 6.33 Å². The topological polar surface area (TPSA) is 72.3 Å². The summed E-state index contributed by atoms with van der Waals surface area (Å²) in [4.78, 5) is 19.4. The van der Waals surface area contributed by atoms with Crippen LogP contribution in [0.5, 0.6) is 11.6 Å². The lowest BCUT2D eigenvalue weighted by Gasteiger charge is -2.09. The first-order valence-corrected chi connectivity index (χ1v) is 6.36. The molecular weight excluding hydrogens is 268 g/mol. The third-order valence-electron chi connectivity index (χ3n) is 3.07. The fourth-order valence-electron chi connectivity index (χ4n) is 2.07. The van der Waals surface area contributed by atoms with Crippen molar-refractivity contribution in [2.75, 3.05) is 0 Å². The number of aromatic carboxylic acids is 1. The molecule has 1 aromatic heterocycles. The zero-order valence-corrected chi connectivity index (χ0v) is 11.3. The Labute approximate surface area is 120 Å². The highest BCUT2D eigenvalue weighted by Crippen LogP contribution is 2.29. The van der Waals surface area contributed by atoms with Crippen LogP contribution in [0, 0.1) is 6.92 Å². The monoisotopic (exact) mass is 280 g/mol. The second kappa shape index (κ2) is 5.20. The van der Waals surface area contributed by atoms with Crippen molar-refractivity contribution in [3.63, 3.8) is 0 Å². The van der Waals surface area contributed by atoms with Gasteiger partial charge in [0.1, 0.15) is 17.6 Å². The molecule has 0 radical (unpaired) electrons. The van der Waals surface area contributed by atoms with E-state index in [2.05, 4.69) is 9.97 Å². The number of nitrogens with zero attached hydrogens (tertiary/aromatic N) is 2. The number of aryl methyl sites for hydroxylation is 1. The van der Waals surface area contributed by atoms with Crippen molar-refractivity contribution >= 4 is 16.7 Å². The van der Waals surface area contributed by atoms with Crippen LogP contribution < -0.4 is 4.74 Å². The minimum Gasteiger partial charge on any atom is -0.478 e. The van der Waals surface area contributed by atoms with Crippen LogP contribution in [-0.4, -0.2) is 21.0 Å². The normalized spacial score (nSPS) is 10.5. The van der Waals surface area contributed by atoms with Crippen LogP contribution in [0.1, 0.15) is 16.1 Å². The van der Waals surface area contributed by atoms with Gasteiger partial charge < -0.3 is 9.84 Å². The molecule has 0 aliphatic heterocycles. The van der Waals surface area contributed by atoms with Crippen molar-refractivity contribution in [1.29, 1.82) is 0 Å². The maximum absolute atomic E-state index is 11.4. The van der Waals surface area contributed by atoms with Gasteiger partial charge in [-0.05, 0) is 29.8 Å². The quantitative estimate of drug-likeness (QED) is 0.795. The van der Waals surface area contributed by atoms with Crippen LogP contribution in [0.25, 0.3) is 10.8 Å². The number of carboxylic acid groups (broad SMARTS) is 1. The Bertz CT molecular complexity index is 831. The Kier molecular flexibility index (Phi) is 3.23. The fourth-order valence-corrected chi connectivity index (χ4v) is 2.07. The predicted molar refractivity (Wildman–Crippen MR) is 77.8 cm³/mol. The Morgan fingerprint density at radius 1 is 1.10 bits per heavy atom. The van der Waals surface area contributed by atoms with E-state index < -0.39 is 5.97 Å². The van der Waals surface area contributed by atoms with E-state index in [1.807, 2.05) is 31.2 Å². The third kappa shape index (κ3) is 2.67. The molecule has 0 spiro atoms. The molecule has 0 fully saturated rings. The van der Waals surface area contributed by atoms with Crippen LogP contribution >= 0.6 is 0 Å². The second-order valence-corrected chi connectivity index (χ2v) is 4.60. The molecular formula is C16H12N2O3. The number of carboxylic acids is 1. The molecule has 21 heavy (non-hydrogen) atoms. The summed E-state index contributed by atoms with van der Waals surface area (Å²) in [6.07, 6.45) is 1.38. The molecule has 0 amide bonds. The molecule has 2 aromatic carbocycles. The summed E-state index contributed by atoms with van der Waals surface area (Å²) in [7, 11) is 0. The molecule has 1 heterocycles. The second-order valence-electron chi connectivity index (χ2n) is 4.60. The first-order chi connectivity index (χ1) is 10.1. The number of carbonyl (C=O) groups is 1. The van der Waals surface area contributed by atoms with Crippen LogP contribution in [-0.2, 0) is 0 Å². The minimum absolute atomic E-state index is 0.102. The van der Waals surface area contributed by atoms with Gasteiger partial charge in [0.25, 0.3) is 0 Å². The predicted octanol–water partition coefficient (Wildman–Crippen LogP) is 3.43. The molecule has 0 saturated heterocycles. The van der Waals surface area contributed by atoms with Gasteiger partial charge in [-0.15, -0.1) is 0 Å². The van der Waals surface area contributed by atoms with Crippen molar-refractivity contribution in [2.24, 2.45) is 0 Å². The van der Waals surface area contributed by atoms with E-state index >= 15 is 0 Å². The van der Waals surface area contributed by atoms with Crippen molar-refractivity contribution in [3.8, 4) is 11.6 Å². The van der Waals surface area contributed by atoms with Crippen LogP contribution in [0.4, 0.5) is 0 Å². The molecule has 0 unspecified atom stereocenters. The molecule has 0 saturated carbocycles. The zero-order valence-electron chi connectivity index (χ0n) is 11.3. The maximum Gasteiger partial charge on any atom is 0.339 e. The summed E-state index contributed by atoms with van der Waals surface area (Å²) in [5, 5.41) is 11.1. The number of rotatable bonds is 3. The number of hydrogen-bond acceptors (Lipinski definition) is 4. The number of ether oxygens (including phenoxy) is 1. The van der Waals surface area contributed by atoms with Gasteiger partial charge in [0.15, 0.2) is 0 Å². The van der Waals surface area contributed by atoms with Crippen LogP contribution in [0.2, 0.25) is 0 Å². The van der Waals surface area contributed by atoms with E-state index in [0.717, 1.165) is 16.5 Å². The zero-order chi connectivity index (χ0) is 14.8. The number of fused-ring (bicyclic) bond motifs is 1. The van der Waals surface area contributed by atoms with E-state index in [1.54, 1.807) is 18.2 Å². The molecule has 3 aromatic rings. The van der Waals surface area contributed by atoms with Gasteiger partial charge >= 0.3 is 5.97 Å². The minimum atomic E-state index is -1.04. The van der Waals surface area contributed by atoms with Crippen molar-refractivity contribution in [3.05, 3.63) is 60.0 Å². The largest absolute Gasteiger partial charge is 0.478 e. The Morgan fingerprint density at radius 2 is 1.81 bits per heavy atom. The van der Waals surface area contributed by atoms with Gasteiger partial charge in [0, 0.05) is 11.8 Å². The van der Waals surface area contributed by atoms with Crippen LogP contribution in [0.15, 0.2) is 48.8 Å². The summed E-state index contributed by atoms with van der Waals surface area (Å²) in [5.74, 6) is -0.457. The maximum atomic E-state index is 11.4. The smallest absolute Gasteiger partial charge is 0.339 e. The van der Waals surface area contributed by atoms with Gasteiger partial charge in [0.2, 0.25) is 5.88 Å². The number of aromatic nitrogens is 2. The molecule has 0 bridgehead atoms. The van der Waals surface area contributed by atoms with Gasteiger partial charge in [0.05, 0.1) is 0 Å². The van der Waals surface area contributed by atoms with Crippen molar-refractivity contribution in [2.45, 2.75) is 6.92 Å². The molecule has 0 aliphatic rings. The lowest BCUT2D eigenvalue weighted by molar-refractivity contribution is 0.0694. The van der Waals surface area contributed by atoms with Gasteiger partial charge in [-0.2, -0.15) is 0 Å². The Balaban J connectivity index is 2.11. The molecule has 5 nitrogen and oxygen atoms in total. The summed E-state index contributed by atoms with van der Waals surface area (Å²) in [6, 6.07) is 12.5. The van der Waals surface area contributed by atoms with Gasteiger partial charge in [-0.1, -0.05) is 24.3 Å². The first-order valence-electron chi connectivity index (χ1n) is 6.36.